The fraction of sp³-hybridized carbons (Fsp3) is 0.699. The molecule has 0 saturated carbocycles. The molecule has 0 radical (unpaired) electrons. The first kappa shape index (κ1) is 79.4. The maximum Gasteiger partial charge on any atom is 0.306 e. The minimum absolute atomic E-state index is 0.0445. The first-order chi connectivity index (χ1) is 40.5. The highest BCUT2D eigenvalue weighted by atomic mass is 31.2. The summed E-state index contributed by atoms with van der Waals surface area (Å²) in [5.41, 5.74) is 0. The van der Waals surface area contributed by atoms with E-state index in [0.29, 0.717) is 17.4 Å². The van der Waals surface area contributed by atoms with Crippen LogP contribution in [0.15, 0.2) is 122 Å². The molecule has 0 saturated heterocycles. The molecule has 0 bridgehead atoms. The van der Waals surface area contributed by atoms with Gasteiger partial charge in [0.25, 0.3) is 7.82 Å². The second-order valence-corrected chi connectivity index (χ2v) is 24.9. The van der Waals surface area contributed by atoms with Crippen molar-refractivity contribution >= 4 is 19.8 Å². The van der Waals surface area contributed by atoms with Gasteiger partial charge >= 0.3 is 11.9 Å². The summed E-state index contributed by atoms with van der Waals surface area (Å²) in [4.78, 5) is 38.0. The van der Waals surface area contributed by atoms with Gasteiger partial charge in [-0.3, -0.25) is 14.2 Å². The fourth-order valence-electron chi connectivity index (χ4n) is 9.10. The van der Waals surface area contributed by atoms with Crippen LogP contribution in [0, 0.1) is 0 Å². The van der Waals surface area contributed by atoms with E-state index >= 15 is 0 Å². The molecular formula is C73H126NO8P. The Morgan fingerprint density at radius 3 is 1.02 bits per heavy atom. The molecule has 0 heterocycles. The van der Waals surface area contributed by atoms with Crippen molar-refractivity contribution in [2.75, 3.05) is 47.5 Å². The highest BCUT2D eigenvalue weighted by Gasteiger charge is 2.22. The number of nitrogens with zero attached hydrogens (tertiary/aromatic N) is 1. The van der Waals surface area contributed by atoms with E-state index in [9.17, 15) is 19.0 Å². The van der Waals surface area contributed by atoms with E-state index in [-0.39, 0.29) is 26.1 Å². The summed E-state index contributed by atoms with van der Waals surface area (Å²) in [6, 6.07) is 0. The van der Waals surface area contributed by atoms with Crippen LogP contribution in [-0.2, 0) is 32.7 Å². The lowest BCUT2D eigenvalue weighted by atomic mass is 10.0. The molecule has 0 aliphatic rings. The van der Waals surface area contributed by atoms with E-state index in [4.69, 9.17) is 18.5 Å². The zero-order chi connectivity index (χ0) is 60.5. The lowest BCUT2D eigenvalue weighted by Gasteiger charge is -2.28. The molecule has 0 aliphatic carbocycles. The average molecular weight is 1180 g/mol. The summed E-state index contributed by atoms with van der Waals surface area (Å²) in [5, 5.41) is 0. The summed E-state index contributed by atoms with van der Waals surface area (Å²) in [6.45, 7) is 4.10. The molecule has 2 unspecified atom stereocenters. The van der Waals surface area contributed by atoms with E-state index in [0.717, 1.165) is 96.3 Å². The van der Waals surface area contributed by atoms with Gasteiger partial charge in [-0.2, -0.15) is 0 Å². The molecule has 0 spiro atoms. The number of esters is 2. The molecule has 476 valence electrons. The van der Waals surface area contributed by atoms with Gasteiger partial charge < -0.3 is 27.9 Å². The Balaban J connectivity index is 4.20. The number of carbonyl (C=O) groups is 2. The molecule has 0 aromatic rings. The summed E-state index contributed by atoms with van der Waals surface area (Å²) < 4.78 is 34.2. The minimum Gasteiger partial charge on any atom is -0.756 e. The first-order valence-electron chi connectivity index (χ1n) is 33.7. The van der Waals surface area contributed by atoms with Crippen LogP contribution in [0.5, 0.6) is 0 Å². The van der Waals surface area contributed by atoms with E-state index in [1.165, 1.54) is 148 Å². The van der Waals surface area contributed by atoms with Crippen molar-refractivity contribution in [1.82, 2.24) is 0 Å². The van der Waals surface area contributed by atoms with Gasteiger partial charge in [-0.25, -0.2) is 0 Å². The van der Waals surface area contributed by atoms with Crippen LogP contribution in [0.3, 0.4) is 0 Å². The average Bonchev–Trinajstić information content (AvgIpc) is 3.48. The van der Waals surface area contributed by atoms with Gasteiger partial charge in [0.1, 0.15) is 19.8 Å². The Bertz CT molecular complexity index is 1820. The molecule has 0 rings (SSSR count). The third-order valence-electron chi connectivity index (χ3n) is 14.2. The third-order valence-corrected chi connectivity index (χ3v) is 15.2. The molecule has 0 amide bonds. The number of hydrogen-bond acceptors (Lipinski definition) is 8. The number of likely N-dealkylation sites (N-methyl/N-ethyl adjacent to an activating group) is 1. The van der Waals surface area contributed by atoms with Crippen molar-refractivity contribution in [3.05, 3.63) is 122 Å². The molecule has 9 nitrogen and oxygen atoms in total. The molecule has 0 aliphatic heterocycles. The van der Waals surface area contributed by atoms with Crippen LogP contribution < -0.4 is 4.89 Å². The van der Waals surface area contributed by atoms with Crippen LogP contribution in [0.2, 0.25) is 0 Å². The van der Waals surface area contributed by atoms with Gasteiger partial charge in [-0.05, 0) is 89.9 Å². The van der Waals surface area contributed by atoms with E-state index < -0.39 is 32.5 Å². The van der Waals surface area contributed by atoms with Crippen LogP contribution >= 0.6 is 7.82 Å². The maximum atomic E-state index is 12.8. The summed E-state index contributed by atoms with van der Waals surface area (Å²) in [6.07, 6.45) is 89.9. The van der Waals surface area contributed by atoms with Gasteiger partial charge in [0.15, 0.2) is 6.10 Å². The van der Waals surface area contributed by atoms with Crippen molar-refractivity contribution in [3.63, 3.8) is 0 Å². The van der Waals surface area contributed by atoms with Crippen LogP contribution in [0.1, 0.15) is 277 Å². The number of hydrogen-bond donors (Lipinski definition) is 0. The molecule has 2 atom stereocenters. The van der Waals surface area contributed by atoms with Crippen molar-refractivity contribution < 1.29 is 42.1 Å². The van der Waals surface area contributed by atoms with E-state index in [1.54, 1.807) is 0 Å². The summed E-state index contributed by atoms with van der Waals surface area (Å²) in [7, 11) is 1.13. The predicted molar refractivity (Wildman–Crippen MR) is 355 cm³/mol. The number of phosphoric acid groups is 1. The van der Waals surface area contributed by atoms with E-state index in [1.807, 2.05) is 21.1 Å². The molecule has 0 N–H and O–H groups in total. The van der Waals surface area contributed by atoms with Gasteiger partial charge in [0.2, 0.25) is 0 Å². The normalized spacial score (nSPS) is 14.0. The molecule has 10 heteroatoms. The molecule has 83 heavy (non-hydrogen) atoms. The Hall–Kier alpha value is -3.59. The smallest absolute Gasteiger partial charge is 0.306 e. The van der Waals surface area contributed by atoms with Crippen molar-refractivity contribution in [2.24, 2.45) is 0 Å². The minimum atomic E-state index is -4.66. The highest BCUT2D eigenvalue weighted by Crippen LogP contribution is 2.38. The van der Waals surface area contributed by atoms with Crippen LogP contribution in [-0.4, -0.2) is 70.0 Å². The monoisotopic (exact) mass is 1180 g/mol. The van der Waals surface area contributed by atoms with Gasteiger partial charge in [0, 0.05) is 12.8 Å². The lowest BCUT2D eigenvalue weighted by Crippen LogP contribution is -2.37. The summed E-state index contributed by atoms with van der Waals surface area (Å²) in [5.74, 6) is -0.883. The Labute approximate surface area is 511 Å². The number of quaternary nitrogens is 1. The second kappa shape index (κ2) is 62.9. The number of allylic oxidation sites excluding steroid dienone is 20. The fourth-order valence-corrected chi connectivity index (χ4v) is 9.83. The SMILES string of the molecule is CC/C=C\C/C=C\C/C=C\C/C=C\C/C=C\C/C=C\C/C=C\C/C=C\C/C=C\C/C=C\CCCCC(=O)OC(COC(=O)CCCCCCCCCCCCCCCCCCCCCCCCCCCC)COP(=O)([O-])OCC[N+](C)(C)C. The number of ether oxygens (including phenoxy) is 2. The number of phosphoric ester groups is 1. The van der Waals surface area contributed by atoms with Crippen LogP contribution in [0.4, 0.5) is 0 Å². The highest BCUT2D eigenvalue weighted by molar-refractivity contribution is 7.45. The number of unbranched alkanes of at least 4 members (excludes halogenated alkanes) is 27. The van der Waals surface area contributed by atoms with Crippen molar-refractivity contribution in [2.45, 2.75) is 283 Å². The van der Waals surface area contributed by atoms with Gasteiger partial charge in [-0.1, -0.05) is 296 Å². The van der Waals surface area contributed by atoms with E-state index in [2.05, 4.69) is 135 Å². The summed E-state index contributed by atoms with van der Waals surface area (Å²) >= 11 is 0. The quantitative estimate of drug-likeness (QED) is 0.0195. The third kappa shape index (κ3) is 67.4. The molecule has 0 aromatic carbocycles. The molecule has 0 aromatic heterocycles. The Morgan fingerprint density at radius 1 is 0.386 bits per heavy atom. The lowest BCUT2D eigenvalue weighted by molar-refractivity contribution is -0.870. The first-order valence-corrected chi connectivity index (χ1v) is 35.2. The topological polar surface area (TPSA) is 111 Å². The zero-order valence-electron chi connectivity index (χ0n) is 54.1. The molecular weight excluding hydrogens is 1050 g/mol. The van der Waals surface area contributed by atoms with Crippen LogP contribution in [0.25, 0.3) is 0 Å². The van der Waals surface area contributed by atoms with Gasteiger partial charge in [0.05, 0.1) is 27.7 Å². The van der Waals surface area contributed by atoms with Crippen molar-refractivity contribution in [1.29, 1.82) is 0 Å². The largest absolute Gasteiger partial charge is 0.756 e. The number of carbonyl (C=O) groups excluding carboxylic acids is 2. The number of rotatable bonds is 61. The maximum absolute atomic E-state index is 12.8. The Morgan fingerprint density at radius 2 is 0.687 bits per heavy atom. The zero-order valence-corrected chi connectivity index (χ0v) is 55.0. The second-order valence-electron chi connectivity index (χ2n) is 23.5. The van der Waals surface area contributed by atoms with Crippen molar-refractivity contribution in [3.8, 4) is 0 Å². The molecule has 0 fully saturated rings. The van der Waals surface area contributed by atoms with Gasteiger partial charge in [-0.15, -0.1) is 0 Å². The predicted octanol–water partition coefficient (Wildman–Crippen LogP) is 21.2. The standard InChI is InChI=1S/C73H126NO8P/c1-6-8-10-12-14-16-18-20-22-24-26-28-30-32-34-35-36-37-38-39-40-42-44-46-48-50-52-54-56-58-60-62-64-66-73(76)82-71(70-81-83(77,78)80-68-67-74(3,4)5)69-79-72(75)65-63-61-59-57-55-53-51-49-47-45-43-41-33-31-29-27-25-23-21-19-17-15-13-11-9-7-2/h8,10,14,16,20,22,26,28,32,34,36-37,39-40,44,46,50,52,56,58,71H,6-7,9,11-13,15,17-19,21,23-25,27,29-31,33,35,38,41-43,45,47-49,51,53-55,57,59-70H2,1-5H3/b10-8-,16-14-,22-20-,28-26-,34-32-,37-36-,40-39-,46-44-,52-50-,58-56-. The Kier molecular flexibility index (Phi) is 60.2.